The zero-order valence-electron chi connectivity index (χ0n) is 21.2. The van der Waals surface area contributed by atoms with E-state index < -0.39 is 0 Å². The number of aryl methyl sites for hydroxylation is 3. The molecule has 1 amide bonds. The Hall–Kier alpha value is -3.80. The second-order valence-corrected chi connectivity index (χ2v) is 9.51. The van der Waals surface area contributed by atoms with Gasteiger partial charge in [-0.15, -0.1) is 0 Å². The lowest BCUT2D eigenvalue weighted by Gasteiger charge is -2.20. The molecular weight excluding hydrogens is 450 g/mol. The fourth-order valence-corrected chi connectivity index (χ4v) is 5.02. The van der Waals surface area contributed by atoms with Crippen LogP contribution in [-0.4, -0.2) is 35.7 Å². The van der Waals surface area contributed by atoms with E-state index in [2.05, 4.69) is 48.7 Å². The Balaban J connectivity index is 1.31. The molecule has 1 saturated heterocycles. The molecule has 0 unspecified atom stereocenters. The maximum atomic E-state index is 13.1. The Morgan fingerprint density at radius 2 is 1.78 bits per heavy atom. The van der Waals surface area contributed by atoms with Crippen LogP contribution in [0.4, 0.5) is 5.69 Å². The Bertz CT molecular complexity index is 1380. The van der Waals surface area contributed by atoms with Crippen molar-refractivity contribution < 1.29 is 14.3 Å². The van der Waals surface area contributed by atoms with E-state index in [1.165, 1.54) is 5.56 Å². The minimum absolute atomic E-state index is 0.0287. The van der Waals surface area contributed by atoms with Crippen molar-refractivity contribution in [1.82, 2.24) is 9.55 Å². The van der Waals surface area contributed by atoms with E-state index >= 15 is 0 Å². The number of aromatic nitrogens is 2. The van der Waals surface area contributed by atoms with Gasteiger partial charge in [-0.25, -0.2) is 4.98 Å². The van der Waals surface area contributed by atoms with Crippen LogP contribution in [0.3, 0.4) is 0 Å². The number of amides is 1. The van der Waals surface area contributed by atoms with E-state index in [1.807, 2.05) is 41.3 Å². The molecule has 0 bridgehead atoms. The van der Waals surface area contributed by atoms with Gasteiger partial charge in [0.05, 0.1) is 30.4 Å². The molecule has 0 N–H and O–H groups in total. The summed E-state index contributed by atoms with van der Waals surface area (Å²) in [4.78, 5) is 19.9. The van der Waals surface area contributed by atoms with Crippen molar-refractivity contribution in [1.29, 1.82) is 0 Å². The first-order chi connectivity index (χ1) is 17.5. The number of carbonyl (C=O) groups excluding carboxylic acids is 1. The van der Waals surface area contributed by atoms with Gasteiger partial charge < -0.3 is 18.9 Å². The standard InChI is InChI=1S/C30H33N3O3/c1-21-14-15-22(2)28(18-21)36-17-9-8-16-32-25-11-5-4-10-24(25)31-30(32)23-19-29(34)33(20-23)26-12-6-7-13-27(26)35-3/h4-7,10-15,18,23H,8-9,16-17,19-20H2,1-3H3/t23-/m1/s1. The number of hydrogen-bond donors (Lipinski definition) is 0. The van der Waals surface area contributed by atoms with Crippen molar-refractivity contribution in [2.45, 2.75) is 45.6 Å². The molecule has 3 aromatic carbocycles. The summed E-state index contributed by atoms with van der Waals surface area (Å²) in [6.45, 7) is 6.27. The molecule has 1 aromatic heterocycles. The molecule has 186 valence electrons. The summed E-state index contributed by atoms with van der Waals surface area (Å²) >= 11 is 0. The van der Waals surface area contributed by atoms with Crippen molar-refractivity contribution >= 4 is 22.6 Å². The largest absolute Gasteiger partial charge is 0.495 e. The quantitative estimate of drug-likeness (QED) is 0.272. The van der Waals surface area contributed by atoms with Gasteiger partial charge in [-0.3, -0.25) is 4.79 Å². The lowest BCUT2D eigenvalue weighted by molar-refractivity contribution is -0.117. The Kier molecular flexibility index (Phi) is 6.94. The Morgan fingerprint density at radius 3 is 2.64 bits per heavy atom. The number of carbonyl (C=O) groups is 1. The molecule has 0 saturated carbocycles. The average molecular weight is 484 g/mol. The van der Waals surface area contributed by atoms with Gasteiger partial charge in [-0.05, 0) is 68.1 Å². The van der Waals surface area contributed by atoms with Gasteiger partial charge in [0, 0.05) is 25.4 Å². The van der Waals surface area contributed by atoms with Crippen LogP contribution < -0.4 is 14.4 Å². The average Bonchev–Trinajstić information content (AvgIpc) is 3.46. The molecule has 1 fully saturated rings. The monoisotopic (exact) mass is 483 g/mol. The van der Waals surface area contributed by atoms with Crippen molar-refractivity contribution in [3.63, 3.8) is 0 Å². The minimum Gasteiger partial charge on any atom is -0.495 e. The molecule has 6 heteroatoms. The predicted octanol–water partition coefficient (Wildman–Crippen LogP) is 6.04. The zero-order chi connectivity index (χ0) is 25.1. The third kappa shape index (κ3) is 4.81. The van der Waals surface area contributed by atoms with Crippen molar-refractivity contribution in [2.75, 3.05) is 25.2 Å². The molecule has 5 rings (SSSR count). The molecule has 0 radical (unpaired) electrons. The highest BCUT2D eigenvalue weighted by molar-refractivity contribution is 5.97. The number of nitrogens with zero attached hydrogens (tertiary/aromatic N) is 3. The summed E-state index contributed by atoms with van der Waals surface area (Å²) in [5.41, 5.74) is 5.28. The highest BCUT2D eigenvalue weighted by Crippen LogP contribution is 2.37. The second-order valence-electron chi connectivity index (χ2n) is 9.51. The molecule has 6 nitrogen and oxygen atoms in total. The summed E-state index contributed by atoms with van der Waals surface area (Å²) in [5, 5.41) is 0. The first kappa shape index (κ1) is 23.9. The molecule has 1 atom stereocenters. The molecule has 4 aromatic rings. The third-order valence-corrected chi connectivity index (χ3v) is 6.93. The second kappa shape index (κ2) is 10.4. The van der Waals surface area contributed by atoms with Gasteiger partial charge in [0.1, 0.15) is 17.3 Å². The Labute approximate surface area is 212 Å². The number of imidazole rings is 1. The maximum Gasteiger partial charge on any atom is 0.227 e. The number of fused-ring (bicyclic) bond motifs is 1. The van der Waals surface area contributed by atoms with E-state index in [1.54, 1.807) is 7.11 Å². The fourth-order valence-electron chi connectivity index (χ4n) is 5.02. The highest BCUT2D eigenvalue weighted by atomic mass is 16.5. The molecule has 0 spiro atoms. The topological polar surface area (TPSA) is 56.6 Å². The van der Waals surface area contributed by atoms with Crippen LogP contribution in [0.15, 0.2) is 66.7 Å². The number of unbranched alkanes of at least 4 members (excludes halogenated alkanes) is 1. The first-order valence-corrected chi connectivity index (χ1v) is 12.6. The highest BCUT2D eigenvalue weighted by Gasteiger charge is 2.35. The maximum absolute atomic E-state index is 13.1. The van der Waals surface area contributed by atoms with E-state index in [-0.39, 0.29) is 11.8 Å². The van der Waals surface area contributed by atoms with Gasteiger partial charge in [-0.2, -0.15) is 0 Å². The van der Waals surface area contributed by atoms with Crippen LogP contribution in [0.1, 0.15) is 42.1 Å². The van der Waals surface area contributed by atoms with Gasteiger partial charge in [-0.1, -0.05) is 36.4 Å². The zero-order valence-corrected chi connectivity index (χ0v) is 21.2. The summed E-state index contributed by atoms with van der Waals surface area (Å²) in [7, 11) is 1.64. The van der Waals surface area contributed by atoms with E-state index in [9.17, 15) is 4.79 Å². The van der Waals surface area contributed by atoms with Crippen molar-refractivity contribution in [3.05, 3.63) is 83.7 Å². The van der Waals surface area contributed by atoms with Crippen LogP contribution in [0.2, 0.25) is 0 Å². The SMILES string of the molecule is COc1ccccc1N1C[C@H](c2nc3ccccc3n2CCCCOc2cc(C)ccc2C)CC1=O. The molecule has 1 aliphatic rings. The molecule has 1 aliphatic heterocycles. The number of ether oxygens (including phenoxy) is 2. The fraction of sp³-hybridized carbons (Fsp3) is 0.333. The lowest BCUT2D eigenvalue weighted by Crippen LogP contribution is -2.25. The van der Waals surface area contributed by atoms with Gasteiger partial charge in [0.2, 0.25) is 5.91 Å². The first-order valence-electron chi connectivity index (χ1n) is 12.6. The van der Waals surface area contributed by atoms with Crippen LogP contribution in [-0.2, 0) is 11.3 Å². The molecular formula is C30H33N3O3. The number of anilines is 1. The third-order valence-electron chi connectivity index (χ3n) is 6.93. The predicted molar refractivity (Wildman–Crippen MR) is 143 cm³/mol. The van der Waals surface area contributed by atoms with Crippen molar-refractivity contribution in [3.8, 4) is 11.5 Å². The Morgan fingerprint density at radius 1 is 0.972 bits per heavy atom. The van der Waals surface area contributed by atoms with Crippen LogP contribution in [0, 0.1) is 13.8 Å². The number of para-hydroxylation sites is 4. The van der Waals surface area contributed by atoms with Crippen molar-refractivity contribution in [2.24, 2.45) is 0 Å². The number of hydrogen-bond acceptors (Lipinski definition) is 4. The molecule has 36 heavy (non-hydrogen) atoms. The number of benzene rings is 3. The van der Waals surface area contributed by atoms with Gasteiger partial charge in [0.25, 0.3) is 0 Å². The van der Waals surface area contributed by atoms with Gasteiger partial charge >= 0.3 is 0 Å². The van der Waals surface area contributed by atoms with Crippen LogP contribution in [0.5, 0.6) is 11.5 Å². The minimum atomic E-state index is 0.0287. The molecule has 2 heterocycles. The van der Waals surface area contributed by atoms with E-state index in [0.717, 1.165) is 53.2 Å². The van der Waals surface area contributed by atoms with E-state index in [4.69, 9.17) is 14.5 Å². The number of methoxy groups -OCH3 is 1. The molecule has 0 aliphatic carbocycles. The smallest absolute Gasteiger partial charge is 0.227 e. The lowest BCUT2D eigenvalue weighted by atomic mass is 10.1. The summed E-state index contributed by atoms with van der Waals surface area (Å²) in [5.74, 6) is 2.79. The van der Waals surface area contributed by atoms with Gasteiger partial charge in [0.15, 0.2) is 0 Å². The summed E-state index contributed by atoms with van der Waals surface area (Å²) < 4.78 is 13.9. The number of rotatable bonds is 9. The summed E-state index contributed by atoms with van der Waals surface area (Å²) in [6, 6.07) is 22.2. The van der Waals surface area contributed by atoms with E-state index in [0.29, 0.717) is 25.3 Å². The van der Waals surface area contributed by atoms with Crippen LogP contribution >= 0.6 is 0 Å². The normalized spacial score (nSPS) is 15.6. The van der Waals surface area contributed by atoms with Crippen LogP contribution in [0.25, 0.3) is 11.0 Å². The summed E-state index contributed by atoms with van der Waals surface area (Å²) in [6.07, 6.45) is 2.35.